The van der Waals surface area contributed by atoms with Gasteiger partial charge in [-0.2, -0.15) is 0 Å². The topological polar surface area (TPSA) is 40.6 Å². The van der Waals surface area contributed by atoms with Gasteiger partial charge in [0.25, 0.3) is 11.8 Å². The van der Waals surface area contributed by atoms with Crippen molar-refractivity contribution in [3.63, 3.8) is 0 Å². The molecule has 0 aliphatic carbocycles. The third-order valence-corrected chi connectivity index (χ3v) is 6.38. The van der Waals surface area contributed by atoms with Crippen molar-refractivity contribution in [3.05, 3.63) is 100 Å². The molecule has 0 saturated heterocycles. The summed E-state index contributed by atoms with van der Waals surface area (Å²) in [6, 6.07) is 25.2. The van der Waals surface area contributed by atoms with Gasteiger partial charge in [-0.25, -0.2) is 4.90 Å². The average Bonchev–Trinajstić information content (AvgIpc) is 3.03. The summed E-state index contributed by atoms with van der Waals surface area (Å²) in [4.78, 5) is 30.7. The number of carbonyl (C=O) groups is 2. The SMILES string of the molecule is Cc1ccc(C2=C(SCc3ccccc3)C(=O)N(c3ccc(N(C)C)cc3)C2=O)cc1. The van der Waals surface area contributed by atoms with Gasteiger partial charge in [0.05, 0.1) is 16.2 Å². The summed E-state index contributed by atoms with van der Waals surface area (Å²) in [5.74, 6) is 0.0824. The van der Waals surface area contributed by atoms with Gasteiger partial charge in [0.15, 0.2) is 0 Å². The number of hydrogen-bond donors (Lipinski definition) is 0. The zero-order chi connectivity index (χ0) is 22.0. The fraction of sp³-hybridized carbons (Fsp3) is 0.154. The number of anilines is 2. The third kappa shape index (κ3) is 4.28. The highest BCUT2D eigenvalue weighted by atomic mass is 32.2. The Kier molecular flexibility index (Phi) is 5.96. The Morgan fingerprint density at radius 1 is 0.806 bits per heavy atom. The molecule has 0 aromatic heterocycles. The number of rotatable bonds is 6. The first-order chi connectivity index (χ1) is 15.0. The molecule has 0 atom stereocenters. The van der Waals surface area contributed by atoms with Gasteiger partial charge >= 0.3 is 0 Å². The van der Waals surface area contributed by atoms with Crippen LogP contribution in [-0.2, 0) is 15.3 Å². The Bertz CT molecular complexity index is 1130. The lowest BCUT2D eigenvalue weighted by Crippen LogP contribution is -2.31. The summed E-state index contributed by atoms with van der Waals surface area (Å²) in [6.45, 7) is 2.00. The van der Waals surface area contributed by atoms with Crippen molar-refractivity contribution in [2.75, 3.05) is 23.9 Å². The number of nitrogens with zero attached hydrogens (tertiary/aromatic N) is 2. The number of aryl methyl sites for hydroxylation is 1. The monoisotopic (exact) mass is 428 g/mol. The summed E-state index contributed by atoms with van der Waals surface area (Å²) in [7, 11) is 3.91. The van der Waals surface area contributed by atoms with Crippen molar-refractivity contribution in [1.29, 1.82) is 0 Å². The van der Waals surface area contributed by atoms with Gasteiger partial charge in [-0.15, -0.1) is 11.8 Å². The molecule has 0 bridgehead atoms. The van der Waals surface area contributed by atoms with Crippen LogP contribution in [0, 0.1) is 6.92 Å². The largest absolute Gasteiger partial charge is 0.378 e. The molecule has 0 N–H and O–H groups in total. The third-order valence-electron chi connectivity index (χ3n) is 5.23. The number of hydrogen-bond acceptors (Lipinski definition) is 4. The minimum absolute atomic E-state index is 0.265. The zero-order valence-corrected chi connectivity index (χ0v) is 18.6. The van der Waals surface area contributed by atoms with Crippen LogP contribution in [0.25, 0.3) is 5.57 Å². The van der Waals surface area contributed by atoms with E-state index in [1.807, 2.05) is 105 Å². The summed E-state index contributed by atoms with van der Waals surface area (Å²) in [6.07, 6.45) is 0. The first-order valence-corrected chi connectivity index (χ1v) is 11.1. The molecule has 2 amide bonds. The Hall–Kier alpha value is -3.31. The maximum atomic E-state index is 13.5. The van der Waals surface area contributed by atoms with Crippen molar-refractivity contribution < 1.29 is 9.59 Å². The Balaban J connectivity index is 1.71. The van der Waals surface area contributed by atoms with Crippen LogP contribution in [0.2, 0.25) is 0 Å². The first kappa shape index (κ1) is 20.9. The summed E-state index contributed by atoms with van der Waals surface area (Å²) < 4.78 is 0. The van der Waals surface area contributed by atoms with Crippen LogP contribution in [-0.4, -0.2) is 25.9 Å². The van der Waals surface area contributed by atoms with Gasteiger partial charge in [0.2, 0.25) is 0 Å². The molecule has 0 radical (unpaired) electrons. The van der Waals surface area contributed by atoms with Gasteiger partial charge in [0, 0.05) is 25.5 Å². The van der Waals surface area contributed by atoms with Gasteiger partial charge in [-0.3, -0.25) is 9.59 Å². The summed E-state index contributed by atoms with van der Waals surface area (Å²) in [5.41, 5.74) is 5.05. The summed E-state index contributed by atoms with van der Waals surface area (Å²) >= 11 is 1.42. The Morgan fingerprint density at radius 2 is 1.45 bits per heavy atom. The highest BCUT2D eigenvalue weighted by Crippen LogP contribution is 2.39. The molecule has 3 aromatic carbocycles. The van der Waals surface area contributed by atoms with E-state index < -0.39 is 0 Å². The van der Waals surface area contributed by atoms with E-state index in [1.54, 1.807) is 0 Å². The maximum absolute atomic E-state index is 13.5. The lowest BCUT2D eigenvalue weighted by atomic mass is 10.0. The molecule has 3 aromatic rings. The highest BCUT2D eigenvalue weighted by molar-refractivity contribution is 8.03. The molecule has 31 heavy (non-hydrogen) atoms. The van der Waals surface area contributed by atoms with Gasteiger partial charge in [0.1, 0.15) is 0 Å². The van der Waals surface area contributed by atoms with Crippen LogP contribution in [0.15, 0.2) is 83.8 Å². The van der Waals surface area contributed by atoms with Crippen LogP contribution >= 0.6 is 11.8 Å². The lowest BCUT2D eigenvalue weighted by Gasteiger charge is -2.18. The van der Waals surface area contributed by atoms with Gasteiger partial charge in [-0.05, 0) is 42.3 Å². The quantitative estimate of drug-likeness (QED) is 0.501. The van der Waals surface area contributed by atoms with Crippen molar-refractivity contribution in [1.82, 2.24) is 0 Å². The number of imide groups is 1. The van der Waals surface area contributed by atoms with Gasteiger partial charge < -0.3 is 4.90 Å². The first-order valence-electron chi connectivity index (χ1n) is 10.1. The predicted molar refractivity (Wildman–Crippen MR) is 129 cm³/mol. The smallest absolute Gasteiger partial charge is 0.272 e. The van der Waals surface area contributed by atoms with Crippen LogP contribution in [0.3, 0.4) is 0 Å². The molecule has 0 saturated carbocycles. The molecular formula is C26H24N2O2S. The second-order valence-electron chi connectivity index (χ2n) is 7.70. The molecule has 0 spiro atoms. The molecule has 1 heterocycles. The van der Waals surface area contributed by atoms with E-state index in [-0.39, 0.29) is 11.8 Å². The van der Waals surface area contributed by atoms with E-state index in [4.69, 9.17) is 0 Å². The highest BCUT2D eigenvalue weighted by Gasteiger charge is 2.40. The minimum Gasteiger partial charge on any atom is -0.378 e. The van der Waals surface area contributed by atoms with Crippen molar-refractivity contribution in [3.8, 4) is 0 Å². The van der Waals surface area contributed by atoms with Crippen LogP contribution < -0.4 is 9.80 Å². The van der Waals surface area contributed by atoms with Crippen LogP contribution in [0.5, 0.6) is 0 Å². The van der Waals surface area contributed by atoms with Crippen LogP contribution in [0.1, 0.15) is 16.7 Å². The molecule has 0 unspecified atom stereocenters. The number of amides is 2. The van der Waals surface area contributed by atoms with Crippen molar-refractivity contribution in [2.45, 2.75) is 12.7 Å². The Labute approximate surface area is 187 Å². The molecule has 4 nitrogen and oxygen atoms in total. The molecule has 156 valence electrons. The standard InChI is InChI=1S/C26H24N2O2S/c1-18-9-11-20(12-10-18)23-24(31-17-19-7-5-4-6-8-19)26(30)28(25(23)29)22-15-13-21(14-16-22)27(2)3/h4-16H,17H2,1-3H3. The molecule has 1 aliphatic rings. The van der Waals surface area contributed by atoms with E-state index in [2.05, 4.69) is 0 Å². The lowest BCUT2D eigenvalue weighted by molar-refractivity contribution is -0.119. The van der Waals surface area contributed by atoms with E-state index in [9.17, 15) is 9.59 Å². The maximum Gasteiger partial charge on any atom is 0.272 e. The van der Waals surface area contributed by atoms with Crippen molar-refractivity contribution >= 4 is 40.5 Å². The molecule has 4 rings (SSSR count). The predicted octanol–water partition coefficient (Wildman–Crippen LogP) is 5.28. The number of benzene rings is 3. The normalized spacial score (nSPS) is 13.8. The molecule has 1 aliphatic heterocycles. The summed E-state index contributed by atoms with van der Waals surface area (Å²) in [5, 5.41) is 0. The molecule has 0 fully saturated rings. The number of carbonyl (C=O) groups excluding carboxylic acids is 2. The molecular weight excluding hydrogens is 404 g/mol. The second-order valence-corrected chi connectivity index (χ2v) is 8.69. The fourth-order valence-electron chi connectivity index (χ4n) is 3.48. The second kappa shape index (κ2) is 8.82. The van der Waals surface area contributed by atoms with E-state index >= 15 is 0 Å². The fourth-order valence-corrected chi connectivity index (χ4v) is 4.55. The Morgan fingerprint density at radius 3 is 2.06 bits per heavy atom. The van der Waals surface area contributed by atoms with E-state index in [1.165, 1.54) is 16.7 Å². The zero-order valence-electron chi connectivity index (χ0n) is 17.8. The van der Waals surface area contributed by atoms with E-state index in [0.717, 1.165) is 22.4 Å². The van der Waals surface area contributed by atoms with Crippen LogP contribution in [0.4, 0.5) is 11.4 Å². The van der Waals surface area contributed by atoms with Crippen molar-refractivity contribution in [2.24, 2.45) is 0 Å². The van der Waals surface area contributed by atoms with E-state index in [0.29, 0.717) is 21.9 Å². The molecule has 5 heteroatoms. The minimum atomic E-state index is -0.276. The van der Waals surface area contributed by atoms with Gasteiger partial charge in [-0.1, -0.05) is 60.2 Å². The average molecular weight is 429 g/mol. The number of thioether (sulfide) groups is 1.